The maximum absolute atomic E-state index is 12.9. The lowest BCUT2D eigenvalue weighted by Gasteiger charge is -2.10. The first-order chi connectivity index (χ1) is 8.04. The molecule has 17 heavy (non-hydrogen) atoms. The van der Waals surface area contributed by atoms with E-state index in [1.807, 2.05) is 6.92 Å². The Balaban J connectivity index is 2.60. The second kappa shape index (κ2) is 6.67. The molecule has 94 valence electrons. The fourth-order valence-corrected chi connectivity index (χ4v) is 1.80. The number of rotatable bonds is 5. The average molecular weight is 279 g/mol. The van der Waals surface area contributed by atoms with Gasteiger partial charge in [-0.05, 0) is 18.6 Å². The van der Waals surface area contributed by atoms with Crippen molar-refractivity contribution in [3.05, 3.63) is 28.0 Å². The minimum Gasteiger partial charge on any atom is -0.374 e. The van der Waals surface area contributed by atoms with Gasteiger partial charge in [0.05, 0.1) is 22.3 Å². The van der Waals surface area contributed by atoms with E-state index in [9.17, 15) is 9.18 Å². The molecule has 1 aromatic rings. The summed E-state index contributed by atoms with van der Waals surface area (Å²) in [7, 11) is 0. The Labute approximate surface area is 109 Å². The lowest BCUT2D eigenvalue weighted by Crippen LogP contribution is -2.30. The van der Waals surface area contributed by atoms with Gasteiger partial charge in [-0.25, -0.2) is 4.39 Å². The maximum Gasteiger partial charge on any atom is 0.239 e. The minimum absolute atomic E-state index is 0.0467. The van der Waals surface area contributed by atoms with Crippen LogP contribution in [0, 0.1) is 5.82 Å². The molecule has 1 amide bonds. The van der Waals surface area contributed by atoms with Gasteiger partial charge in [0.1, 0.15) is 5.82 Å². The normalized spacial score (nSPS) is 10.1. The van der Waals surface area contributed by atoms with E-state index in [1.54, 1.807) is 0 Å². The SMILES string of the molecule is CCCNC(=O)CNc1c(Cl)cc(F)cc1Cl. The summed E-state index contributed by atoms with van der Waals surface area (Å²) in [5.41, 5.74) is 0.362. The molecule has 0 aliphatic heterocycles. The zero-order chi connectivity index (χ0) is 12.8. The third-order valence-electron chi connectivity index (χ3n) is 2.00. The van der Waals surface area contributed by atoms with E-state index in [1.165, 1.54) is 0 Å². The van der Waals surface area contributed by atoms with Crippen molar-refractivity contribution < 1.29 is 9.18 Å². The highest BCUT2D eigenvalue weighted by atomic mass is 35.5. The minimum atomic E-state index is -0.513. The Bertz CT molecular complexity index is 389. The first-order valence-corrected chi connectivity index (χ1v) is 5.95. The molecule has 6 heteroatoms. The zero-order valence-corrected chi connectivity index (χ0v) is 10.8. The van der Waals surface area contributed by atoms with Crippen LogP contribution in [0.25, 0.3) is 0 Å². The van der Waals surface area contributed by atoms with Crippen molar-refractivity contribution in [2.45, 2.75) is 13.3 Å². The fraction of sp³-hybridized carbons (Fsp3) is 0.364. The number of benzene rings is 1. The molecule has 0 heterocycles. The smallest absolute Gasteiger partial charge is 0.239 e. The van der Waals surface area contributed by atoms with Crippen molar-refractivity contribution >= 4 is 34.8 Å². The number of hydrogen-bond donors (Lipinski definition) is 2. The molecular formula is C11H13Cl2FN2O. The number of hydrogen-bond acceptors (Lipinski definition) is 2. The summed E-state index contributed by atoms with van der Waals surface area (Å²) in [6.45, 7) is 2.62. The standard InChI is InChI=1S/C11H13Cl2FN2O/c1-2-3-15-10(17)6-16-11-8(12)4-7(14)5-9(11)13/h4-5,16H,2-3,6H2,1H3,(H,15,17). The average Bonchev–Trinajstić information content (AvgIpc) is 2.24. The summed E-state index contributed by atoms with van der Waals surface area (Å²) >= 11 is 11.6. The Morgan fingerprint density at radius 1 is 1.35 bits per heavy atom. The number of amides is 1. The second-order valence-electron chi connectivity index (χ2n) is 3.45. The van der Waals surface area contributed by atoms with Crippen molar-refractivity contribution in [2.75, 3.05) is 18.4 Å². The van der Waals surface area contributed by atoms with Crippen molar-refractivity contribution in [1.82, 2.24) is 5.32 Å². The van der Waals surface area contributed by atoms with E-state index in [0.717, 1.165) is 18.6 Å². The van der Waals surface area contributed by atoms with Crippen LogP contribution < -0.4 is 10.6 Å². The number of nitrogens with one attached hydrogen (secondary N) is 2. The van der Waals surface area contributed by atoms with Gasteiger partial charge < -0.3 is 10.6 Å². The Morgan fingerprint density at radius 3 is 2.47 bits per heavy atom. The number of anilines is 1. The predicted octanol–water partition coefficient (Wildman–Crippen LogP) is 3.07. The van der Waals surface area contributed by atoms with Gasteiger partial charge in [-0.2, -0.15) is 0 Å². The van der Waals surface area contributed by atoms with Gasteiger partial charge >= 0.3 is 0 Å². The van der Waals surface area contributed by atoms with Crippen LogP contribution in [0.1, 0.15) is 13.3 Å². The molecule has 0 saturated carbocycles. The largest absolute Gasteiger partial charge is 0.374 e. The summed E-state index contributed by atoms with van der Waals surface area (Å²) in [5, 5.41) is 5.77. The van der Waals surface area contributed by atoms with E-state index in [4.69, 9.17) is 23.2 Å². The Hall–Kier alpha value is -1.00. The van der Waals surface area contributed by atoms with Crippen LogP contribution in [0.5, 0.6) is 0 Å². The first kappa shape index (κ1) is 14.1. The maximum atomic E-state index is 12.9. The van der Waals surface area contributed by atoms with Gasteiger partial charge in [-0.1, -0.05) is 30.1 Å². The van der Waals surface area contributed by atoms with Crippen molar-refractivity contribution in [3.8, 4) is 0 Å². The summed E-state index contributed by atoms with van der Waals surface area (Å²) < 4.78 is 12.9. The van der Waals surface area contributed by atoms with Crippen molar-refractivity contribution in [2.24, 2.45) is 0 Å². The molecule has 1 rings (SSSR count). The molecule has 3 nitrogen and oxygen atoms in total. The summed E-state index contributed by atoms with van der Waals surface area (Å²) in [6, 6.07) is 2.28. The molecule has 0 radical (unpaired) electrons. The topological polar surface area (TPSA) is 41.1 Å². The van der Waals surface area contributed by atoms with E-state index in [-0.39, 0.29) is 22.5 Å². The van der Waals surface area contributed by atoms with Gasteiger partial charge in [-0.3, -0.25) is 4.79 Å². The van der Waals surface area contributed by atoms with Crippen molar-refractivity contribution in [3.63, 3.8) is 0 Å². The zero-order valence-electron chi connectivity index (χ0n) is 9.32. The lowest BCUT2D eigenvalue weighted by molar-refractivity contribution is -0.119. The molecule has 0 aromatic heterocycles. The molecule has 0 saturated heterocycles. The van der Waals surface area contributed by atoms with Gasteiger partial charge in [0.25, 0.3) is 0 Å². The molecule has 0 fully saturated rings. The van der Waals surface area contributed by atoms with Gasteiger partial charge in [0.15, 0.2) is 0 Å². The lowest BCUT2D eigenvalue weighted by atomic mass is 10.3. The highest BCUT2D eigenvalue weighted by Gasteiger charge is 2.09. The van der Waals surface area contributed by atoms with Crippen LogP contribution >= 0.6 is 23.2 Å². The molecule has 0 aliphatic carbocycles. The highest BCUT2D eigenvalue weighted by molar-refractivity contribution is 6.39. The monoisotopic (exact) mass is 278 g/mol. The quantitative estimate of drug-likeness (QED) is 0.869. The molecule has 0 bridgehead atoms. The first-order valence-electron chi connectivity index (χ1n) is 5.19. The molecule has 0 aliphatic rings. The van der Waals surface area contributed by atoms with Crippen LogP contribution in [0.3, 0.4) is 0 Å². The van der Waals surface area contributed by atoms with Crippen LogP contribution in [0.15, 0.2) is 12.1 Å². The highest BCUT2D eigenvalue weighted by Crippen LogP contribution is 2.30. The number of carbonyl (C=O) groups excluding carboxylic acids is 1. The number of halogens is 3. The summed E-state index contributed by atoms with van der Waals surface area (Å²) in [6.07, 6.45) is 0.865. The van der Waals surface area contributed by atoms with Gasteiger partial charge in [-0.15, -0.1) is 0 Å². The molecule has 1 aromatic carbocycles. The number of carbonyl (C=O) groups is 1. The third-order valence-corrected chi connectivity index (χ3v) is 2.60. The summed E-state index contributed by atoms with van der Waals surface area (Å²) in [5.74, 6) is -0.677. The van der Waals surface area contributed by atoms with Gasteiger partial charge in [0, 0.05) is 6.54 Å². The van der Waals surface area contributed by atoms with E-state index in [0.29, 0.717) is 12.2 Å². The Kier molecular flexibility index (Phi) is 5.51. The van der Waals surface area contributed by atoms with Crippen LogP contribution in [0.2, 0.25) is 10.0 Å². The third kappa shape index (κ3) is 4.40. The molecule has 0 atom stereocenters. The Morgan fingerprint density at radius 2 is 1.94 bits per heavy atom. The van der Waals surface area contributed by atoms with Crippen LogP contribution in [-0.4, -0.2) is 19.0 Å². The molecule has 2 N–H and O–H groups in total. The van der Waals surface area contributed by atoms with E-state index in [2.05, 4.69) is 10.6 Å². The van der Waals surface area contributed by atoms with E-state index < -0.39 is 5.82 Å². The second-order valence-corrected chi connectivity index (χ2v) is 4.26. The molecular weight excluding hydrogens is 266 g/mol. The van der Waals surface area contributed by atoms with Crippen LogP contribution in [-0.2, 0) is 4.79 Å². The predicted molar refractivity (Wildman–Crippen MR) is 68.2 cm³/mol. The van der Waals surface area contributed by atoms with E-state index >= 15 is 0 Å². The molecule has 0 spiro atoms. The van der Waals surface area contributed by atoms with Crippen molar-refractivity contribution in [1.29, 1.82) is 0 Å². The van der Waals surface area contributed by atoms with Gasteiger partial charge in [0.2, 0.25) is 5.91 Å². The fourth-order valence-electron chi connectivity index (χ4n) is 1.21. The molecule has 0 unspecified atom stereocenters. The van der Waals surface area contributed by atoms with Crippen LogP contribution in [0.4, 0.5) is 10.1 Å². The summed E-state index contributed by atoms with van der Waals surface area (Å²) in [4.78, 5) is 11.3.